The summed E-state index contributed by atoms with van der Waals surface area (Å²) in [6, 6.07) is 8.40. The van der Waals surface area contributed by atoms with Crippen molar-refractivity contribution in [2.75, 3.05) is 17.7 Å². The van der Waals surface area contributed by atoms with E-state index in [0.717, 1.165) is 18.5 Å². The summed E-state index contributed by atoms with van der Waals surface area (Å²) in [7, 11) is 0. The van der Waals surface area contributed by atoms with Gasteiger partial charge in [-0.15, -0.1) is 0 Å². The third-order valence-electron chi connectivity index (χ3n) is 5.31. The molecule has 0 aliphatic carbocycles. The number of imidazole rings is 1. The maximum atomic E-state index is 13.7. The Morgan fingerprint density at radius 2 is 1.78 bits per heavy atom. The fraction of sp³-hybridized carbons (Fsp3) is 0.0909. The first-order valence-electron chi connectivity index (χ1n) is 10.3. The average molecular weight is 502 g/mol. The standard InChI is InChI=1S/C22H15F5N8O/c23-14-5-16-17(6-15(14)24)35(10-31-16)33-12-3-1-11(2-4-12)18-13(21(36)29-8-22(25,26)27)7-34-19(18)20(28)30-9-32-34/h1-7,9-10,33H,8H2,(H,29,36)(H2,28,30,32). The zero-order chi connectivity index (χ0) is 25.6. The third kappa shape index (κ3) is 4.23. The lowest BCUT2D eigenvalue weighted by Crippen LogP contribution is -2.33. The molecule has 0 aliphatic heterocycles. The molecule has 36 heavy (non-hydrogen) atoms. The highest BCUT2D eigenvalue weighted by molar-refractivity contribution is 6.07. The number of fused-ring (bicyclic) bond motifs is 2. The number of aromatic nitrogens is 5. The van der Waals surface area contributed by atoms with E-state index in [1.54, 1.807) is 24.3 Å². The zero-order valence-corrected chi connectivity index (χ0v) is 18.0. The molecule has 5 rings (SSSR count). The van der Waals surface area contributed by atoms with Gasteiger partial charge in [-0.3, -0.25) is 10.2 Å². The van der Waals surface area contributed by atoms with Crippen LogP contribution in [0.15, 0.2) is 55.2 Å². The molecule has 3 aromatic heterocycles. The van der Waals surface area contributed by atoms with Crippen molar-refractivity contribution in [3.05, 3.63) is 72.4 Å². The Hall–Kier alpha value is -4.75. The normalized spacial score (nSPS) is 11.8. The maximum Gasteiger partial charge on any atom is 0.405 e. The van der Waals surface area contributed by atoms with E-state index in [4.69, 9.17) is 5.73 Å². The zero-order valence-electron chi connectivity index (χ0n) is 18.0. The molecule has 0 unspecified atom stereocenters. The fourth-order valence-corrected chi connectivity index (χ4v) is 3.72. The fourth-order valence-electron chi connectivity index (χ4n) is 3.72. The second-order valence-electron chi connectivity index (χ2n) is 7.71. The van der Waals surface area contributed by atoms with Gasteiger partial charge in [0.1, 0.15) is 24.7 Å². The van der Waals surface area contributed by atoms with Gasteiger partial charge in [0.25, 0.3) is 5.91 Å². The van der Waals surface area contributed by atoms with Crippen molar-refractivity contribution >= 4 is 34.0 Å². The number of benzene rings is 2. The van der Waals surface area contributed by atoms with E-state index >= 15 is 0 Å². The van der Waals surface area contributed by atoms with Crippen molar-refractivity contribution in [1.29, 1.82) is 0 Å². The van der Waals surface area contributed by atoms with Crippen LogP contribution in [0.1, 0.15) is 10.4 Å². The predicted molar refractivity (Wildman–Crippen MR) is 120 cm³/mol. The molecule has 0 spiro atoms. The second kappa shape index (κ2) is 8.48. The molecule has 9 nitrogen and oxygen atoms in total. The van der Waals surface area contributed by atoms with E-state index in [2.05, 4.69) is 20.5 Å². The SMILES string of the molecule is Nc1ncnn2cc(C(=O)NCC(F)(F)F)c(-c3ccc(Nn4cnc5cc(F)c(F)cc54)cc3)c12. The van der Waals surface area contributed by atoms with E-state index in [9.17, 15) is 26.7 Å². The summed E-state index contributed by atoms with van der Waals surface area (Å²) in [4.78, 5) is 20.6. The largest absolute Gasteiger partial charge is 0.405 e. The van der Waals surface area contributed by atoms with Crippen LogP contribution in [0.5, 0.6) is 0 Å². The minimum atomic E-state index is -4.59. The number of amides is 1. The third-order valence-corrected chi connectivity index (χ3v) is 5.31. The molecule has 1 amide bonds. The summed E-state index contributed by atoms with van der Waals surface area (Å²) in [6.45, 7) is -1.51. The molecule has 2 aromatic carbocycles. The molecule has 4 N–H and O–H groups in total. The Kier molecular flexibility index (Phi) is 5.42. The summed E-state index contributed by atoms with van der Waals surface area (Å²) in [5, 5.41) is 5.84. The molecule has 0 aliphatic rings. The molecule has 0 atom stereocenters. The Morgan fingerprint density at radius 1 is 1.06 bits per heavy atom. The van der Waals surface area contributed by atoms with Crippen LogP contribution in [0.4, 0.5) is 33.5 Å². The van der Waals surface area contributed by atoms with Gasteiger partial charge >= 0.3 is 6.18 Å². The Labute approximate surface area is 198 Å². The van der Waals surface area contributed by atoms with Crippen LogP contribution >= 0.6 is 0 Å². The number of nitrogens with zero attached hydrogens (tertiary/aromatic N) is 5. The van der Waals surface area contributed by atoms with Crippen molar-refractivity contribution in [1.82, 2.24) is 29.6 Å². The van der Waals surface area contributed by atoms with E-state index < -0.39 is 30.3 Å². The van der Waals surface area contributed by atoms with Crippen LogP contribution in [-0.4, -0.2) is 42.9 Å². The molecule has 3 heterocycles. The highest BCUT2D eigenvalue weighted by atomic mass is 19.4. The summed E-state index contributed by atoms with van der Waals surface area (Å²) in [5.74, 6) is -2.99. The van der Waals surface area contributed by atoms with Gasteiger partial charge in [0, 0.05) is 23.9 Å². The Balaban J connectivity index is 1.50. The first-order chi connectivity index (χ1) is 17.1. The molecule has 14 heteroatoms. The van der Waals surface area contributed by atoms with Crippen LogP contribution in [-0.2, 0) is 0 Å². The number of nitrogens with two attached hydrogens (primary N) is 1. The van der Waals surface area contributed by atoms with Gasteiger partial charge < -0.3 is 11.1 Å². The van der Waals surface area contributed by atoms with Gasteiger partial charge in [-0.05, 0) is 17.7 Å². The monoisotopic (exact) mass is 502 g/mol. The lowest BCUT2D eigenvalue weighted by atomic mass is 10.0. The predicted octanol–water partition coefficient (Wildman–Crippen LogP) is 3.77. The first kappa shape index (κ1) is 23.0. The number of nitrogen functional groups attached to an aromatic ring is 1. The van der Waals surface area contributed by atoms with Crippen molar-refractivity contribution in [3.63, 3.8) is 0 Å². The molecule has 0 radical (unpaired) electrons. The molecule has 0 bridgehead atoms. The average Bonchev–Trinajstić information content (AvgIpc) is 3.40. The van der Waals surface area contributed by atoms with Crippen molar-refractivity contribution < 1.29 is 26.7 Å². The van der Waals surface area contributed by atoms with E-state index in [0.29, 0.717) is 16.8 Å². The van der Waals surface area contributed by atoms with Crippen LogP contribution in [0.2, 0.25) is 0 Å². The number of halogens is 5. The number of hydrogen-bond donors (Lipinski definition) is 3. The molecular weight excluding hydrogens is 487 g/mol. The minimum Gasteiger partial charge on any atom is -0.382 e. The summed E-state index contributed by atoms with van der Waals surface area (Å²) < 4.78 is 67.7. The van der Waals surface area contributed by atoms with Crippen molar-refractivity contribution in [2.45, 2.75) is 6.18 Å². The van der Waals surface area contributed by atoms with E-state index in [1.807, 2.05) is 5.32 Å². The molecule has 0 saturated heterocycles. The van der Waals surface area contributed by atoms with E-state index in [-0.39, 0.29) is 28.0 Å². The summed E-state index contributed by atoms with van der Waals surface area (Å²) in [5.41, 5.74) is 10.9. The second-order valence-corrected chi connectivity index (χ2v) is 7.71. The van der Waals surface area contributed by atoms with E-state index in [1.165, 1.54) is 21.7 Å². The molecule has 5 aromatic rings. The lowest BCUT2D eigenvalue weighted by molar-refractivity contribution is -0.123. The minimum absolute atomic E-state index is 0.0243. The lowest BCUT2D eigenvalue weighted by Gasteiger charge is -2.11. The molecule has 0 fully saturated rings. The highest BCUT2D eigenvalue weighted by Gasteiger charge is 2.29. The van der Waals surface area contributed by atoms with Crippen LogP contribution in [0.3, 0.4) is 0 Å². The molecule has 184 valence electrons. The topological polar surface area (TPSA) is 115 Å². The Morgan fingerprint density at radius 3 is 2.50 bits per heavy atom. The maximum absolute atomic E-state index is 13.7. The first-order valence-corrected chi connectivity index (χ1v) is 10.3. The number of carbonyl (C=O) groups is 1. The number of rotatable bonds is 5. The van der Waals surface area contributed by atoms with Gasteiger partial charge in [-0.2, -0.15) is 18.3 Å². The van der Waals surface area contributed by atoms with Gasteiger partial charge in [-0.1, -0.05) is 12.1 Å². The van der Waals surface area contributed by atoms with Gasteiger partial charge in [0.05, 0.1) is 22.3 Å². The van der Waals surface area contributed by atoms with Gasteiger partial charge in [-0.25, -0.2) is 27.9 Å². The molecular formula is C22H15F5N8O. The Bertz CT molecular complexity index is 1610. The van der Waals surface area contributed by atoms with Crippen LogP contribution < -0.4 is 16.5 Å². The number of anilines is 2. The molecule has 0 saturated carbocycles. The summed E-state index contributed by atoms with van der Waals surface area (Å²) >= 11 is 0. The van der Waals surface area contributed by atoms with Crippen molar-refractivity contribution in [2.24, 2.45) is 0 Å². The summed E-state index contributed by atoms with van der Waals surface area (Å²) in [6.07, 6.45) is -0.820. The number of hydrogen-bond acceptors (Lipinski definition) is 6. The van der Waals surface area contributed by atoms with Gasteiger partial charge in [0.15, 0.2) is 17.5 Å². The van der Waals surface area contributed by atoms with Gasteiger partial charge in [0.2, 0.25) is 0 Å². The number of nitrogens with one attached hydrogen (secondary N) is 2. The highest BCUT2D eigenvalue weighted by Crippen LogP contribution is 2.33. The van der Waals surface area contributed by atoms with Crippen LogP contribution in [0, 0.1) is 11.6 Å². The smallest absolute Gasteiger partial charge is 0.382 e. The van der Waals surface area contributed by atoms with Crippen LogP contribution in [0.25, 0.3) is 27.7 Å². The number of alkyl halides is 3. The van der Waals surface area contributed by atoms with Crippen molar-refractivity contribution in [3.8, 4) is 11.1 Å². The number of carbonyl (C=O) groups excluding carboxylic acids is 1. The quantitative estimate of drug-likeness (QED) is 0.315.